The van der Waals surface area contributed by atoms with E-state index in [0.717, 1.165) is 23.9 Å². The van der Waals surface area contributed by atoms with Gasteiger partial charge in [-0.2, -0.15) is 0 Å². The van der Waals surface area contributed by atoms with Crippen LogP contribution in [0, 0.1) is 0 Å². The van der Waals surface area contributed by atoms with Gasteiger partial charge in [0, 0.05) is 12.0 Å². The molecule has 17 heavy (non-hydrogen) atoms. The Balaban J connectivity index is 2.13. The number of nitrogens with two attached hydrogens (primary N) is 1. The summed E-state index contributed by atoms with van der Waals surface area (Å²) in [6.07, 6.45) is 4.81. The molecule has 1 aliphatic rings. The van der Waals surface area contributed by atoms with E-state index >= 15 is 0 Å². The molecule has 4 nitrogen and oxygen atoms in total. The number of hydrogen-bond acceptors (Lipinski definition) is 2. The number of aromatic amines is 2. The Morgan fingerprint density at radius 3 is 2.59 bits per heavy atom. The lowest BCUT2D eigenvalue weighted by molar-refractivity contribution is 0.453. The molecule has 0 spiro atoms. The van der Waals surface area contributed by atoms with Crippen molar-refractivity contribution in [2.75, 3.05) is 6.54 Å². The Morgan fingerprint density at radius 2 is 1.88 bits per heavy atom. The average Bonchev–Trinajstić information content (AvgIpc) is 2.93. The topological polar surface area (TPSA) is 74.7 Å². The maximum atomic E-state index is 11.2. The number of imidazole rings is 1. The lowest BCUT2D eigenvalue weighted by Gasteiger charge is -2.27. The number of H-pyrrole nitrogens is 2. The fourth-order valence-corrected chi connectivity index (χ4v) is 3.02. The molecule has 0 atom stereocenters. The van der Waals surface area contributed by atoms with Crippen molar-refractivity contribution in [1.29, 1.82) is 0 Å². The van der Waals surface area contributed by atoms with Gasteiger partial charge in [-0.1, -0.05) is 18.9 Å². The Hall–Kier alpha value is -1.55. The molecule has 0 radical (unpaired) electrons. The van der Waals surface area contributed by atoms with E-state index in [1.165, 1.54) is 18.4 Å². The van der Waals surface area contributed by atoms with Gasteiger partial charge in [0.25, 0.3) is 0 Å². The fraction of sp³-hybridized carbons (Fsp3) is 0.462. The minimum absolute atomic E-state index is 0.127. The van der Waals surface area contributed by atoms with E-state index in [9.17, 15) is 4.79 Å². The second-order valence-electron chi connectivity index (χ2n) is 5.03. The highest BCUT2D eigenvalue weighted by atomic mass is 16.1. The van der Waals surface area contributed by atoms with Crippen molar-refractivity contribution in [2.24, 2.45) is 5.73 Å². The van der Waals surface area contributed by atoms with Crippen molar-refractivity contribution in [3.63, 3.8) is 0 Å². The summed E-state index contributed by atoms with van der Waals surface area (Å²) in [5.74, 6) is 0. The number of rotatable bonds is 2. The first kappa shape index (κ1) is 10.6. The summed E-state index contributed by atoms with van der Waals surface area (Å²) in [5, 5.41) is 0. The molecule has 1 aliphatic carbocycles. The molecule has 1 saturated carbocycles. The standard InChI is InChI=1S/C13H17N3O/c14-8-13(5-1-2-6-13)9-3-4-10-11(7-9)16-12(17)15-10/h3-4,7H,1-2,5-6,8,14H2,(H2,15,16,17). The molecule has 4 N–H and O–H groups in total. The molecule has 2 aromatic rings. The molecule has 3 rings (SSSR count). The second-order valence-corrected chi connectivity index (χ2v) is 5.03. The van der Waals surface area contributed by atoms with Crippen LogP contribution in [0.3, 0.4) is 0 Å². The summed E-state index contributed by atoms with van der Waals surface area (Å²) in [6.45, 7) is 0.688. The summed E-state index contributed by atoms with van der Waals surface area (Å²) in [5.41, 5.74) is 8.96. The summed E-state index contributed by atoms with van der Waals surface area (Å²) < 4.78 is 0. The van der Waals surface area contributed by atoms with Crippen LogP contribution in [0.1, 0.15) is 31.2 Å². The first-order chi connectivity index (χ1) is 8.23. The van der Waals surface area contributed by atoms with Gasteiger partial charge in [0.2, 0.25) is 0 Å². The van der Waals surface area contributed by atoms with Gasteiger partial charge in [0.15, 0.2) is 0 Å². The number of hydrogen-bond donors (Lipinski definition) is 3. The van der Waals surface area contributed by atoms with Crippen molar-refractivity contribution in [2.45, 2.75) is 31.1 Å². The first-order valence-electron chi connectivity index (χ1n) is 6.16. The van der Waals surface area contributed by atoms with Crippen LogP contribution in [0.5, 0.6) is 0 Å². The predicted octanol–water partition coefficient (Wildman–Crippen LogP) is 1.63. The Morgan fingerprint density at radius 1 is 1.18 bits per heavy atom. The van der Waals surface area contributed by atoms with Crippen molar-refractivity contribution in [3.05, 3.63) is 34.2 Å². The van der Waals surface area contributed by atoms with E-state index in [0.29, 0.717) is 6.54 Å². The second kappa shape index (κ2) is 3.74. The van der Waals surface area contributed by atoms with Gasteiger partial charge >= 0.3 is 5.69 Å². The van der Waals surface area contributed by atoms with E-state index in [-0.39, 0.29) is 11.1 Å². The third-order valence-corrected chi connectivity index (χ3v) is 4.08. The van der Waals surface area contributed by atoms with Gasteiger partial charge in [-0.25, -0.2) is 4.79 Å². The molecule has 1 aromatic carbocycles. The molecule has 0 amide bonds. The molecule has 0 aliphatic heterocycles. The molecule has 4 heteroatoms. The molecule has 90 valence electrons. The van der Waals surface area contributed by atoms with Gasteiger partial charge in [-0.15, -0.1) is 0 Å². The smallest absolute Gasteiger partial charge is 0.323 e. The summed E-state index contributed by atoms with van der Waals surface area (Å²) >= 11 is 0. The Bertz CT molecular complexity index is 590. The highest BCUT2D eigenvalue weighted by Gasteiger charge is 2.34. The van der Waals surface area contributed by atoms with Crippen LogP contribution in [0.25, 0.3) is 11.0 Å². The van der Waals surface area contributed by atoms with Crippen LogP contribution >= 0.6 is 0 Å². The molecular formula is C13H17N3O. The van der Waals surface area contributed by atoms with Crippen molar-refractivity contribution < 1.29 is 0 Å². The van der Waals surface area contributed by atoms with Gasteiger partial charge < -0.3 is 15.7 Å². The van der Waals surface area contributed by atoms with Gasteiger partial charge in [0.1, 0.15) is 0 Å². The predicted molar refractivity (Wildman–Crippen MR) is 68.1 cm³/mol. The van der Waals surface area contributed by atoms with E-state index in [1.54, 1.807) is 0 Å². The molecular weight excluding hydrogens is 214 g/mol. The zero-order valence-corrected chi connectivity index (χ0v) is 9.75. The zero-order valence-electron chi connectivity index (χ0n) is 9.75. The molecule has 1 heterocycles. The Kier molecular flexibility index (Phi) is 2.33. The van der Waals surface area contributed by atoms with E-state index < -0.39 is 0 Å². The normalized spacial score (nSPS) is 18.9. The van der Waals surface area contributed by atoms with Crippen LogP contribution in [0.4, 0.5) is 0 Å². The average molecular weight is 231 g/mol. The number of benzene rings is 1. The van der Waals surface area contributed by atoms with E-state index in [1.807, 2.05) is 6.07 Å². The van der Waals surface area contributed by atoms with Gasteiger partial charge in [0.05, 0.1) is 11.0 Å². The largest absolute Gasteiger partial charge is 0.330 e. The minimum Gasteiger partial charge on any atom is -0.330 e. The van der Waals surface area contributed by atoms with Gasteiger partial charge in [-0.05, 0) is 30.5 Å². The molecule has 1 fully saturated rings. The number of nitrogens with one attached hydrogen (secondary N) is 2. The van der Waals surface area contributed by atoms with Crippen molar-refractivity contribution in [1.82, 2.24) is 9.97 Å². The SMILES string of the molecule is NCC1(c2ccc3[nH]c(=O)[nH]c3c2)CCCC1. The minimum atomic E-state index is -0.148. The summed E-state index contributed by atoms with van der Waals surface area (Å²) in [4.78, 5) is 16.8. The summed E-state index contributed by atoms with van der Waals surface area (Å²) in [6, 6.07) is 6.15. The molecule has 1 aromatic heterocycles. The van der Waals surface area contributed by atoms with Crippen LogP contribution in [0.2, 0.25) is 0 Å². The van der Waals surface area contributed by atoms with Gasteiger partial charge in [-0.3, -0.25) is 0 Å². The highest BCUT2D eigenvalue weighted by Crippen LogP contribution is 2.40. The Labute approximate surface area is 99.2 Å². The fourth-order valence-electron chi connectivity index (χ4n) is 3.02. The van der Waals surface area contributed by atoms with E-state index in [4.69, 9.17) is 5.73 Å². The third-order valence-electron chi connectivity index (χ3n) is 4.08. The first-order valence-corrected chi connectivity index (χ1v) is 6.16. The van der Waals surface area contributed by atoms with Crippen LogP contribution < -0.4 is 11.4 Å². The molecule has 0 unspecified atom stereocenters. The van der Waals surface area contributed by atoms with Crippen molar-refractivity contribution in [3.8, 4) is 0 Å². The lowest BCUT2D eigenvalue weighted by atomic mass is 9.79. The zero-order chi connectivity index (χ0) is 11.9. The van der Waals surface area contributed by atoms with Crippen LogP contribution in [-0.2, 0) is 5.41 Å². The molecule has 0 saturated heterocycles. The van der Waals surface area contributed by atoms with Crippen LogP contribution in [-0.4, -0.2) is 16.5 Å². The number of fused-ring (bicyclic) bond motifs is 1. The lowest BCUT2D eigenvalue weighted by Crippen LogP contribution is -2.31. The quantitative estimate of drug-likeness (QED) is 0.734. The highest BCUT2D eigenvalue weighted by molar-refractivity contribution is 5.75. The number of aromatic nitrogens is 2. The molecule has 0 bridgehead atoms. The maximum absolute atomic E-state index is 11.2. The van der Waals surface area contributed by atoms with Crippen LogP contribution in [0.15, 0.2) is 23.0 Å². The van der Waals surface area contributed by atoms with Crippen molar-refractivity contribution >= 4 is 11.0 Å². The van der Waals surface area contributed by atoms with E-state index in [2.05, 4.69) is 22.1 Å². The summed E-state index contributed by atoms with van der Waals surface area (Å²) in [7, 11) is 0. The maximum Gasteiger partial charge on any atom is 0.323 e. The third kappa shape index (κ3) is 1.60. The monoisotopic (exact) mass is 231 g/mol.